The molecule has 0 saturated carbocycles. The smallest absolute Gasteiger partial charge is 0.416 e. The number of hydrogen-bond donors (Lipinski definition) is 2. The molecule has 0 bridgehead atoms. The molecule has 4 nitrogen and oxygen atoms in total. The molecular weight excluding hydrogens is 393 g/mol. The minimum absolute atomic E-state index is 0.0244. The molecule has 1 aromatic heterocycles. The van der Waals surface area contributed by atoms with E-state index >= 15 is 0 Å². The van der Waals surface area contributed by atoms with Crippen LogP contribution in [0.25, 0.3) is 27.7 Å². The second-order valence-electron chi connectivity index (χ2n) is 6.23. The van der Waals surface area contributed by atoms with E-state index in [2.05, 4.69) is 5.10 Å². The van der Waals surface area contributed by atoms with Gasteiger partial charge in [0.15, 0.2) is 0 Å². The van der Waals surface area contributed by atoms with Crippen molar-refractivity contribution >= 4 is 22.5 Å². The van der Waals surface area contributed by atoms with Gasteiger partial charge in [0.1, 0.15) is 11.5 Å². The average Bonchev–Trinajstić information content (AvgIpc) is 3.06. The normalized spacial score (nSPS) is 11.9. The monoisotopic (exact) mass is 404 g/mol. The van der Waals surface area contributed by atoms with E-state index in [0.29, 0.717) is 17.0 Å². The first-order valence-corrected chi connectivity index (χ1v) is 8.48. The Kier molecular flexibility index (Phi) is 4.19. The summed E-state index contributed by atoms with van der Waals surface area (Å²) in [4.78, 5) is 0. The molecule has 0 saturated heterocycles. The van der Waals surface area contributed by atoms with E-state index in [1.165, 1.54) is 23.0 Å². The second kappa shape index (κ2) is 6.45. The summed E-state index contributed by atoms with van der Waals surface area (Å²) in [6.07, 6.45) is -3.06. The van der Waals surface area contributed by atoms with Crippen molar-refractivity contribution in [2.75, 3.05) is 0 Å². The fraction of sp³-hybridized carbons (Fsp3) is 0.0500. The first-order chi connectivity index (χ1) is 13.2. The van der Waals surface area contributed by atoms with Crippen LogP contribution >= 0.6 is 11.6 Å². The Balaban J connectivity index is 1.81. The Bertz CT molecular complexity index is 1200. The molecule has 0 atom stereocenters. The summed E-state index contributed by atoms with van der Waals surface area (Å²) in [7, 11) is 0. The van der Waals surface area contributed by atoms with Gasteiger partial charge in [-0.25, -0.2) is 4.68 Å². The largest absolute Gasteiger partial charge is 0.508 e. The summed E-state index contributed by atoms with van der Waals surface area (Å²) < 4.78 is 40.4. The molecule has 8 heteroatoms. The van der Waals surface area contributed by atoms with E-state index in [4.69, 9.17) is 11.6 Å². The highest BCUT2D eigenvalue weighted by Gasteiger charge is 2.31. The molecule has 0 unspecified atom stereocenters. The van der Waals surface area contributed by atoms with Crippen LogP contribution in [0.3, 0.4) is 0 Å². The third kappa shape index (κ3) is 3.25. The van der Waals surface area contributed by atoms with Gasteiger partial charge >= 0.3 is 6.18 Å². The van der Waals surface area contributed by atoms with Crippen molar-refractivity contribution in [1.29, 1.82) is 0 Å². The third-order valence-electron chi connectivity index (χ3n) is 4.32. The summed E-state index contributed by atoms with van der Waals surface area (Å²) in [6.45, 7) is 0. The van der Waals surface area contributed by atoms with Crippen molar-refractivity contribution in [3.63, 3.8) is 0 Å². The number of phenols is 2. The molecule has 28 heavy (non-hydrogen) atoms. The van der Waals surface area contributed by atoms with Crippen LogP contribution in [0.1, 0.15) is 5.56 Å². The zero-order valence-electron chi connectivity index (χ0n) is 14.1. The van der Waals surface area contributed by atoms with Crippen LogP contribution < -0.4 is 0 Å². The quantitative estimate of drug-likeness (QED) is 0.445. The van der Waals surface area contributed by atoms with E-state index in [9.17, 15) is 23.4 Å². The van der Waals surface area contributed by atoms with Crippen LogP contribution in [0.15, 0.2) is 60.8 Å². The van der Waals surface area contributed by atoms with Crippen molar-refractivity contribution in [2.45, 2.75) is 6.18 Å². The highest BCUT2D eigenvalue weighted by atomic mass is 35.5. The standard InChI is InChI=1S/C20H12ClF3N2O2/c21-17-6-12(2-4-19(17)28)11-1-3-18-13(5-11)10-25-26(18)15-7-14(20(22,23)24)8-16(27)9-15/h1-10,27-28H. The van der Waals surface area contributed by atoms with Crippen LogP contribution in [0.4, 0.5) is 13.2 Å². The zero-order chi connectivity index (χ0) is 20.1. The number of alkyl halides is 3. The zero-order valence-corrected chi connectivity index (χ0v) is 14.8. The predicted octanol–water partition coefficient (Wildman–Crippen LogP) is 5.78. The molecule has 4 rings (SSSR count). The lowest BCUT2D eigenvalue weighted by molar-refractivity contribution is -0.137. The lowest BCUT2D eigenvalue weighted by Crippen LogP contribution is -2.06. The van der Waals surface area contributed by atoms with Gasteiger partial charge in [0, 0.05) is 11.5 Å². The minimum atomic E-state index is -4.58. The van der Waals surface area contributed by atoms with Gasteiger partial charge in [0.05, 0.1) is 28.0 Å². The summed E-state index contributed by atoms with van der Waals surface area (Å²) in [5, 5.41) is 24.3. The average molecular weight is 405 g/mol. The number of benzene rings is 3. The first kappa shape index (κ1) is 18.2. The lowest BCUT2D eigenvalue weighted by Gasteiger charge is -2.11. The predicted molar refractivity (Wildman–Crippen MR) is 99.8 cm³/mol. The molecular formula is C20H12ClF3N2O2. The van der Waals surface area contributed by atoms with Gasteiger partial charge in [-0.1, -0.05) is 23.7 Å². The number of rotatable bonds is 2. The van der Waals surface area contributed by atoms with Gasteiger partial charge < -0.3 is 10.2 Å². The summed E-state index contributed by atoms with van der Waals surface area (Å²) in [6, 6.07) is 12.9. The van der Waals surface area contributed by atoms with Crippen molar-refractivity contribution in [2.24, 2.45) is 0 Å². The van der Waals surface area contributed by atoms with Crippen molar-refractivity contribution < 1.29 is 23.4 Å². The first-order valence-electron chi connectivity index (χ1n) is 8.11. The molecule has 2 N–H and O–H groups in total. The van der Waals surface area contributed by atoms with Gasteiger partial charge in [0.25, 0.3) is 0 Å². The maximum Gasteiger partial charge on any atom is 0.416 e. The van der Waals surface area contributed by atoms with E-state index in [1.807, 2.05) is 6.07 Å². The number of halogens is 4. The molecule has 4 aromatic rings. The van der Waals surface area contributed by atoms with Gasteiger partial charge in [0.2, 0.25) is 0 Å². The maximum atomic E-state index is 13.0. The van der Waals surface area contributed by atoms with Gasteiger partial charge in [-0.05, 0) is 47.5 Å². The van der Waals surface area contributed by atoms with Crippen LogP contribution in [0.5, 0.6) is 11.5 Å². The molecule has 3 aromatic carbocycles. The molecule has 0 aliphatic heterocycles. The highest BCUT2D eigenvalue weighted by molar-refractivity contribution is 6.32. The van der Waals surface area contributed by atoms with Crippen LogP contribution in [-0.4, -0.2) is 20.0 Å². The number of nitrogens with zero attached hydrogens (tertiary/aromatic N) is 2. The molecule has 0 aliphatic carbocycles. The topological polar surface area (TPSA) is 58.3 Å². The SMILES string of the molecule is Oc1cc(-n2ncc3cc(-c4ccc(O)c(Cl)c4)ccc32)cc(C(F)(F)F)c1. The van der Waals surface area contributed by atoms with Crippen LogP contribution in [0, 0.1) is 0 Å². The number of aromatic hydroxyl groups is 2. The lowest BCUT2D eigenvalue weighted by atomic mass is 10.0. The van der Waals surface area contributed by atoms with E-state index in [0.717, 1.165) is 17.2 Å². The molecule has 0 fully saturated rings. The van der Waals surface area contributed by atoms with Gasteiger partial charge in [-0.2, -0.15) is 18.3 Å². The van der Waals surface area contributed by atoms with Crippen molar-refractivity contribution in [1.82, 2.24) is 9.78 Å². The Hall–Kier alpha value is -3.19. The summed E-state index contributed by atoms with van der Waals surface area (Å²) in [5.41, 5.74) is 1.30. The minimum Gasteiger partial charge on any atom is -0.508 e. The van der Waals surface area contributed by atoms with Gasteiger partial charge in [-0.15, -0.1) is 0 Å². The molecule has 142 valence electrons. The van der Waals surface area contributed by atoms with Crippen LogP contribution in [-0.2, 0) is 6.18 Å². The fourth-order valence-corrected chi connectivity index (χ4v) is 3.17. The molecule has 0 aliphatic rings. The maximum absolute atomic E-state index is 13.0. The Morgan fingerprint density at radius 2 is 1.61 bits per heavy atom. The highest BCUT2D eigenvalue weighted by Crippen LogP contribution is 2.35. The Morgan fingerprint density at radius 1 is 0.893 bits per heavy atom. The summed E-state index contributed by atoms with van der Waals surface area (Å²) in [5.74, 6) is -0.521. The second-order valence-corrected chi connectivity index (χ2v) is 6.64. The van der Waals surface area contributed by atoms with Crippen LogP contribution in [0.2, 0.25) is 5.02 Å². The Morgan fingerprint density at radius 3 is 2.32 bits per heavy atom. The number of phenolic OH excluding ortho intramolecular Hbond substituents is 2. The molecule has 0 radical (unpaired) electrons. The van der Waals surface area contributed by atoms with Crippen molar-refractivity contribution in [3.8, 4) is 28.3 Å². The van der Waals surface area contributed by atoms with E-state index in [-0.39, 0.29) is 16.5 Å². The summed E-state index contributed by atoms with van der Waals surface area (Å²) >= 11 is 5.95. The number of hydrogen-bond acceptors (Lipinski definition) is 3. The fourth-order valence-electron chi connectivity index (χ4n) is 2.99. The van der Waals surface area contributed by atoms with E-state index < -0.39 is 17.5 Å². The van der Waals surface area contributed by atoms with E-state index in [1.54, 1.807) is 24.3 Å². The Labute approximate surface area is 162 Å². The molecule has 0 spiro atoms. The number of aromatic nitrogens is 2. The van der Waals surface area contributed by atoms with Crippen molar-refractivity contribution in [3.05, 3.63) is 71.4 Å². The number of fused-ring (bicyclic) bond motifs is 1. The molecule has 0 amide bonds. The molecule has 1 heterocycles. The van der Waals surface area contributed by atoms with Gasteiger partial charge in [-0.3, -0.25) is 0 Å². The third-order valence-corrected chi connectivity index (χ3v) is 4.63.